The predicted octanol–water partition coefficient (Wildman–Crippen LogP) is 1.57. The van der Waals surface area contributed by atoms with Gasteiger partial charge in [0.05, 0.1) is 13.2 Å². The van der Waals surface area contributed by atoms with Gasteiger partial charge >= 0.3 is 0 Å². The number of hydrogen-bond acceptors (Lipinski definition) is 4. The van der Waals surface area contributed by atoms with Gasteiger partial charge in [0.25, 0.3) is 0 Å². The molecule has 0 N–H and O–H groups in total. The molecule has 1 atom stereocenters. The number of rotatable bonds is 4. The number of ether oxygens (including phenoxy) is 1. The van der Waals surface area contributed by atoms with E-state index >= 15 is 0 Å². The van der Waals surface area contributed by atoms with Crippen molar-refractivity contribution in [1.82, 2.24) is 9.88 Å². The second-order valence-corrected chi connectivity index (χ2v) is 4.10. The average molecular weight is 233 g/mol. The fraction of sp³-hybridized carbons (Fsp3) is 0.538. The first-order chi connectivity index (χ1) is 8.40. The normalized spacial score (nSPS) is 19.6. The van der Waals surface area contributed by atoms with Crippen LogP contribution in [0.15, 0.2) is 29.5 Å². The molecule has 0 aliphatic carbocycles. The summed E-state index contributed by atoms with van der Waals surface area (Å²) in [5, 5.41) is 0. The molecule has 0 saturated carbocycles. The molecule has 2 rings (SSSR count). The number of aromatic nitrogens is 1. The quantitative estimate of drug-likeness (QED) is 0.741. The minimum Gasteiger partial charge on any atom is -0.379 e. The molecule has 4 nitrogen and oxygen atoms in total. The lowest BCUT2D eigenvalue weighted by molar-refractivity contribution is 0.0177. The second kappa shape index (κ2) is 6.47. The van der Waals surface area contributed by atoms with E-state index < -0.39 is 0 Å². The fourth-order valence-electron chi connectivity index (χ4n) is 1.96. The van der Waals surface area contributed by atoms with E-state index in [0.29, 0.717) is 0 Å². The number of morpholine rings is 1. The van der Waals surface area contributed by atoms with Crippen LogP contribution in [0.1, 0.15) is 18.9 Å². The van der Waals surface area contributed by atoms with Gasteiger partial charge in [-0.05, 0) is 24.1 Å². The molecule has 1 aliphatic rings. The van der Waals surface area contributed by atoms with Gasteiger partial charge in [0.15, 0.2) is 0 Å². The maximum absolute atomic E-state index is 5.36. The summed E-state index contributed by atoms with van der Waals surface area (Å²) < 4.78 is 5.36. The van der Waals surface area contributed by atoms with Crippen LogP contribution in [0, 0.1) is 0 Å². The Labute approximate surface area is 102 Å². The van der Waals surface area contributed by atoms with Gasteiger partial charge in [-0.3, -0.25) is 14.9 Å². The van der Waals surface area contributed by atoms with Gasteiger partial charge in [-0.1, -0.05) is 6.92 Å². The second-order valence-electron chi connectivity index (χ2n) is 4.10. The van der Waals surface area contributed by atoms with E-state index in [9.17, 15) is 0 Å². The summed E-state index contributed by atoms with van der Waals surface area (Å²) in [5.74, 6) is 0. The van der Waals surface area contributed by atoms with Gasteiger partial charge in [0.1, 0.15) is 6.17 Å². The molecule has 92 valence electrons. The van der Waals surface area contributed by atoms with Crippen molar-refractivity contribution in [2.75, 3.05) is 26.3 Å². The average Bonchev–Trinajstić information content (AvgIpc) is 2.42. The smallest absolute Gasteiger partial charge is 0.102 e. The zero-order valence-corrected chi connectivity index (χ0v) is 10.2. The highest BCUT2D eigenvalue weighted by Crippen LogP contribution is 2.08. The van der Waals surface area contributed by atoms with Gasteiger partial charge in [-0.15, -0.1) is 0 Å². The van der Waals surface area contributed by atoms with E-state index in [4.69, 9.17) is 4.74 Å². The molecule has 0 amide bonds. The molecule has 1 aliphatic heterocycles. The Hall–Kier alpha value is -1.26. The highest BCUT2D eigenvalue weighted by atomic mass is 16.5. The van der Waals surface area contributed by atoms with Crippen molar-refractivity contribution >= 4 is 6.21 Å². The van der Waals surface area contributed by atoms with E-state index in [1.807, 2.05) is 18.3 Å². The van der Waals surface area contributed by atoms with Crippen LogP contribution in [0.3, 0.4) is 0 Å². The van der Waals surface area contributed by atoms with Crippen molar-refractivity contribution in [3.63, 3.8) is 0 Å². The van der Waals surface area contributed by atoms with Crippen molar-refractivity contribution in [2.24, 2.45) is 4.99 Å². The predicted molar refractivity (Wildman–Crippen MR) is 68.3 cm³/mol. The molecule has 1 saturated heterocycles. The Bertz CT molecular complexity index is 347. The summed E-state index contributed by atoms with van der Waals surface area (Å²) in [5.41, 5.74) is 1.10. The van der Waals surface area contributed by atoms with E-state index in [1.54, 1.807) is 12.4 Å². The van der Waals surface area contributed by atoms with Crippen LogP contribution in [-0.2, 0) is 4.74 Å². The van der Waals surface area contributed by atoms with Crippen molar-refractivity contribution < 1.29 is 4.74 Å². The van der Waals surface area contributed by atoms with Gasteiger partial charge < -0.3 is 4.74 Å². The molecule has 1 unspecified atom stereocenters. The number of nitrogens with zero attached hydrogens (tertiary/aromatic N) is 3. The van der Waals surface area contributed by atoms with Crippen LogP contribution in [0.4, 0.5) is 0 Å². The molecule has 0 radical (unpaired) electrons. The van der Waals surface area contributed by atoms with E-state index in [-0.39, 0.29) is 6.17 Å². The number of aliphatic imine (C=N–C) groups is 1. The monoisotopic (exact) mass is 233 g/mol. The van der Waals surface area contributed by atoms with E-state index in [2.05, 4.69) is 21.8 Å². The number of pyridine rings is 1. The molecule has 4 heteroatoms. The third-order valence-corrected chi connectivity index (χ3v) is 2.93. The van der Waals surface area contributed by atoms with Gasteiger partial charge in [-0.2, -0.15) is 0 Å². The fourth-order valence-corrected chi connectivity index (χ4v) is 1.96. The van der Waals surface area contributed by atoms with Crippen molar-refractivity contribution in [1.29, 1.82) is 0 Å². The van der Waals surface area contributed by atoms with Crippen molar-refractivity contribution in [2.45, 2.75) is 19.5 Å². The van der Waals surface area contributed by atoms with Crippen molar-refractivity contribution in [3.05, 3.63) is 30.1 Å². The van der Waals surface area contributed by atoms with E-state index in [0.717, 1.165) is 38.3 Å². The largest absolute Gasteiger partial charge is 0.379 e. The lowest BCUT2D eigenvalue weighted by atomic mass is 10.2. The molecule has 1 aromatic heterocycles. The molecular formula is C13H19N3O. The third kappa shape index (κ3) is 3.61. The van der Waals surface area contributed by atoms with Crippen LogP contribution in [0.5, 0.6) is 0 Å². The lowest BCUT2D eigenvalue weighted by Crippen LogP contribution is -2.42. The Balaban J connectivity index is 1.96. The highest BCUT2D eigenvalue weighted by Gasteiger charge is 2.17. The first-order valence-corrected chi connectivity index (χ1v) is 6.15. The summed E-state index contributed by atoms with van der Waals surface area (Å²) in [6.45, 7) is 5.77. The standard InChI is InChI=1S/C13H19N3O/c1-2-13(16-7-9-17-10-8-16)15-11-12-3-5-14-6-4-12/h3-6,11,13H,2,7-10H2,1H3. The summed E-state index contributed by atoms with van der Waals surface area (Å²) >= 11 is 0. The minimum absolute atomic E-state index is 0.270. The van der Waals surface area contributed by atoms with Crippen LogP contribution in [0.25, 0.3) is 0 Å². The first-order valence-electron chi connectivity index (χ1n) is 6.15. The van der Waals surface area contributed by atoms with Crippen LogP contribution < -0.4 is 0 Å². The molecule has 2 heterocycles. The molecule has 0 bridgehead atoms. The summed E-state index contributed by atoms with van der Waals surface area (Å²) in [4.78, 5) is 11.0. The topological polar surface area (TPSA) is 37.7 Å². The van der Waals surface area contributed by atoms with Crippen LogP contribution >= 0.6 is 0 Å². The Morgan fingerprint density at radius 3 is 2.76 bits per heavy atom. The first kappa shape index (κ1) is 12.2. The van der Waals surface area contributed by atoms with Gasteiger partial charge in [0, 0.05) is 31.7 Å². The summed E-state index contributed by atoms with van der Waals surface area (Å²) in [6, 6.07) is 3.94. The third-order valence-electron chi connectivity index (χ3n) is 2.93. The number of hydrogen-bond donors (Lipinski definition) is 0. The Kier molecular flexibility index (Phi) is 4.64. The maximum atomic E-state index is 5.36. The summed E-state index contributed by atoms with van der Waals surface area (Å²) in [7, 11) is 0. The molecular weight excluding hydrogens is 214 g/mol. The highest BCUT2D eigenvalue weighted by molar-refractivity contribution is 5.79. The Morgan fingerprint density at radius 2 is 2.12 bits per heavy atom. The van der Waals surface area contributed by atoms with Crippen molar-refractivity contribution in [3.8, 4) is 0 Å². The molecule has 17 heavy (non-hydrogen) atoms. The Morgan fingerprint density at radius 1 is 1.41 bits per heavy atom. The minimum atomic E-state index is 0.270. The van der Waals surface area contributed by atoms with E-state index in [1.165, 1.54) is 0 Å². The SMILES string of the molecule is CCC(N=Cc1ccncc1)N1CCOCC1. The lowest BCUT2D eigenvalue weighted by Gasteiger charge is -2.31. The molecule has 1 fully saturated rings. The zero-order chi connectivity index (χ0) is 11.9. The maximum Gasteiger partial charge on any atom is 0.102 e. The molecule has 0 spiro atoms. The van der Waals surface area contributed by atoms with Crippen LogP contribution in [-0.4, -0.2) is 48.6 Å². The van der Waals surface area contributed by atoms with Gasteiger partial charge in [0.2, 0.25) is 0 Å². The van der Waals surface area contributed by atoms with Gasteiger partial charge in [-0.25, -0.2) is 0 Å². The molecule has 1 aromatic rings. The molecule has 0 aromatic carbocycles. The summed E-state index contributed by atoms with van der Waals surface area (Å²) in [6.07, 6.45) is 6.81. The zero-order valence-electron chi connectivity index (χ0n) is 10.2. The van der Waals surface area contributed by atoms with Crippen LogP contribution in [0.2, 0.25) is 0 Å².